The second-order valence-electron chi connectivity index (χ2n) is 12.3. The zero-order chi connectivity index (χ0) is 26.8. The predicted octanol–water partition coefficient (Wildman–Crippen LogP) is 1.24. The van der Waals surface area contributed by atoms with E-state index in [0.29, 0.717) is 24.8 Å². The van der Waals surface area contributed by atoms with Gasteiger partial charge in [0.05, 0.1) is 48.6 Å². The molecule has 5 rings (SSSR count). The number of piperidine rings is 2. The number of carbonyl (C=O) groups excluding carboxylic acids is 2. The fraction of sp³-hybridized carbons (Fsp3) is 0.929. The highest BCUT2D eigenvalue weighted by molar-refractivity contribution is 5.84. The van der Waals surface area contributed by atoms with Crippen molar-refractivity contribution in [3.63, 3.8) is 0 Å². The Balaban J connectivity index is 1.30. The van der Waals surface area contributed by atoms with Crippen molar-refractivity contribution in [1.82, 2.24) is 20.4 Å². The van der Waals surface area contributed by atoms with Gasteiger partial charge in [-0.2, -0.15) is 0 Å². The summed E-state index contributed by atoms with van der Waals surface area (Å²) in [6.07, 6.45) is 8.37. The first kappa shape index (κ1) is 28.2. The fourth-order valence-electron chi connectivity index (χ4n) is 7.71. The molecule has 216 valence electrons. The molecule has 4 N–H and O–H groups in total. The molecule has 10 atom stereocenters. The Labute approximate surface area is 227 Å². The van der Waals surface area contributed by atoms with Crippen LogP contribution in [-0.2, 0) is 23.8 Å². The van der Waals surface area contributed by atoms with Crippen LogP contribution in [0.1, 0.15) is 64.7 Å². The lowest BCUT2D eigenvalue weighted by Gasteiger charge is -2.56. The second kappa shape index (κ2) is 12.5. The zero-order valence-electron chi connectivity index (χ0n) is 23.5. The van der Waals surface area contributed by atoms with Gasteiger partial charge in [0.1, 0.15) is 0 Å². The third-order valence-electron chi connectivity index (χ3n) is 10.0. The molecule has 4 heterocycles. The third-order valence-corrected chi connectivity index (χ3v) is 10.0. The number of nitrogens with zero attached hydrogens (tertiary/aromatic N) is 2. The van der Waals surface area contributed by atoms with E-state index in [-0.39, 0.29) is 48.4 Å². The molecule has 10 nitrogen and oxygen atoms in total. The Morgan fingerprint density at radius 3 is 2.66 bits per heavy atom. The molecule has 5 aliphatic rings. The van der Waals surface area contributed by atoms with Crippen LogP contribution < -0.4 is 16.4 Å². The molecular weight excluding hydrogens is 486 g/mol. The molecule has 10 unspecified atom stereocenters. The van der Waals surface area contributed by atoms with E-state index < -0.39 is 12.1 Å². The molecule has 0 aromatic carbocycles. The van der Waals surface area contributed by atoms with Gasteiger partial charge in [0, 0.05) is 40.5 Å². The van der Waals surface area contributed by atoms with E-state index in [0.717, 1.165) is 71.1 Å². The minimum Gasteiger partial charge on any atom is -0.379 e. The van der Waals surface area contributed by atoms with Crippen LogP contribution in [0.3, 0.4) is 0 Å². The molecule has 1 aliphatic carbocycles. The highest BCUT2D eigenvalue weighted by Crippen LogP contribution is 2.39. The average molecular weight is 536 g/mol. The molecule has 2 amide bonds. The summed E-state index contributed by atoms with van der Waals surface area (Å²) in [5.74, 6) is 0.308. The van der Waals surface area contributed by atoms with Crippen LogP contribution in [0.5, 0.6) is 0 Å². The smallest absolute Gasteiger partial charge is 0.229 e. The van der Waals surface area contributed by atoms with Crippen LogP contribution in [0.4, 0.5) is 0 Å². The summed E-state index contributed by atoms with van der Waals surface area (Å²) in [5, 5.41) is 6.94. The molecule has 4 saturated heterocycles. The minimum absolute atomic E-state index is 0.0344. The number of hydrogen-bond donors (Lipinski definition) is 3. The Morgan fingerprint density at radius 2 is 1.92 bits per heavy atom. The molecule has 10 heteroatoms. The molecular formula is C28H49N5O5. The second-order valence-corrected chi connectivity index (χ2v) is 12.3. The monoisotopic (exact) mass is 535 g/mol. The molecule has 0 aromatic rings. The Morgan fingerprint density at radius 1 is 1.11 bits per heavy atom. The average Bonchev–Trinajstić information content (AvgIpc) is 3.45. The van der Waals surface area contributed by atoms with Crippen LogP contribution in [0.15, 0.2) is 0 Å². The van der Waals surface area contributed by atoms with E-state index in [1.165, 1.54) is 0 Å². The first-order chi connectivity index (χ1) is 18.4. The summed E-state index contributed by atoms with van der Waals surface area (Å²) < 4.78 is 17.1. The molecule has 0 radical (unpaired) electrons. The number of carbonyl (C=O) groups is 2. The summed E-state index contributed by atoms with van der Waals surface area (Å²) in [6.45, 7) is 5.03. The van der Waals surface area contributed by atoms with Gasteiger partial charge >= 0.3 is 0 Å². The first-order valence-electron chi connectivity index (χ1n) is 14.9. The molecule has 0 spiro atoms. The lowest BCUT2D eigenvalue weighted by Crippen LogP contribution is -2.75. The number of fused-ring (bicyclic) bond motifs is 2. The summed E-state index contributed by atoms with van der Waals surface area (Å²) >= 11 is 0. The van der Waals surface area contributed by atoms with E-state index in [9.17, 15) is 9.59 Å². The van der Waals surface area contributed by atoms with Crippen LogP contribution >= 0.6 is 0 Å². The Kier molecular flexibility index (Phi) is 9.27. The maximum atomic E-state index is 13.8. The van der Waals surface area contributed by atoms with E-state index in [1.54, 1.807) is 14.2 Å². The maximum Gasteiger partial charge on any atom is 0.229 e. The summed E-state index contributed by atoms with van der Waals surface area (Å²) in [4.78, 5) is 31.5. The molecule has 38 heavy (non-hydrogen) atoms. The number of rotatable bonds is 8. The maximum absolute atomic E-state index is 13.8. The topological polar surface area (TPSA) is 118 Å². The van der Waals surface area contributed by atoms with Crippen molar-refractivity contribution >= 4 is 11.8 Å². The molecule has 0 bridgehead atoms. The SMILES string of the molecule is COC1CCC(CCN2C(N)C(C(=O)NCC3CCCO3)CC3C(=O)N4CCCC(C)C4NC32)CC1OC. The van der Waals surface area contributed by atoms with Crippen LogP contribution in [0.25, 0.3) is 0 Å². The number of methoxy groups -OCH3 is 2. The largest absolute Gasteiger partial charge is 0.379 e. The number of nitrogens with one attached hydrogen (secondary N) is 2. The van der Waals surface area contributed by atoms with Crippen molar-refractivity contribution in [3.05, 3.63) is 0 Å². The standard InChI is InChI=1S/C28H49N5O5/c1-17-6-4-11-33-25(17)31-26-21(28(33)35)15-20(27(34)30-16-19-7-5-13-38-19)24(29)32(26)12-10-18-8-9-22(36-2)23(14-18)37-3/h17-26,31H,4-16,29H2,1-3H3,(H,30,34). The number of nitrogens with two attached hydrogens (primary N) is 1. The number of hydrogen-bond acceptors (Lipinski definition) is 8. The highest BCUT2D eigenvalue weighted by atomic mass is 16.5. The Bertz CT molecular complexity index is 825. The zero-order valence-corrected chi connectivity index (χ0v) is 23.5. The summed E-state index contributed by atoms with van der Waals surface area (Å²) in [7, 11) is 3.52. The van der Waals surface area contributed by atoms with E-state index >= 15 is 0 Å². The minimum atomic E-state index is -0.444. The molecule has 1 saturated carbocycles. The first-order valence-corrected chi connectivity index (χ1v) is 14.9. The number of ether oxygens (including phenoxy) is 3. The predicted molar refractivity (Wildman–Crippen MR) is 143 cm³/mol. The fourth-order valence-corrected chi connectivity index (χ4v) is 7.71. The van der Waals surface area contributed by atoms with Gasteiger partial charge < -0.3 is 30.2 Å². The van der Waals surface area contributed by atoms with Gasteiger partial charge in [0.2, 0.25) is 11.8 Å². The van der Waals surface area contributed by atoms with Gasteiger partial charge in [-0.15, -0.1) is 0 Å². The van der Waals surface area contributed by atoms with Gasteiger partial charge in [-0.1, -0.05) is 6.92 Å². The third kappa shape index (κ3) is 5.76. The number of amides is 2. The molecule has 4 aliphatic heterocycles. The van der Waals surface area contributed by atoms with Gasteiger partial charge in [0.25, 0.3) is 0 Å². The van der Waals surface area contributed by atoms with E-state index in [1.807, 2.05) is 4.90 Å². The lowest BCUT2D eigenvalue weighted by molar-refractivity contribution is -0.166. The van der Waals surface area contributed by atoms with E-state index in [2.05, 4.69) is 22.5 Å². The molecule has 0 aromatic heterocycles. The number of likely N-dealkylation sites (tertiary alicyclic amines) is 1. The van der Waals surface area contributed by atoms with Crippen LogP contribution in [-0.4, -0.2) is 98.9 Å². The van der Waals surface area contributed by atoms with Gasteiger partial charge in [-0.05, 0) is 69.6 Å². The van der Waals surface area contributed by atoms with Gasteiger partial charge in [0.15, 0.2) is 0 Å². The lowest BCUT2D eigenvalue weighted by atomic mass is 9.78. The van der Waals surface area contributed by atoms with Crippen molar-refractivity contribution in [2.75, 3.05) is 40.5 Å². The van der Waals surface area contributed by atoms with Crippen molar-refractivity contribution in [1.29, 1.82) is 0 Å². The van der Waals surface area contributed by atoms with Crippen molar-refractivity contribution in [2.24, 2.45) is 29.4 Å². The molecule has 5 fully saturated rings. The van der Waals surface area contributed by atoms with Crippen LogP contribution in [0.2, 0.25) is 0 Å². The Hall–Kier alpha value is -1.30. The van der Waals surface area contributed by atoms with Crippen LogP contribution in [0, 0.1) is 23.7 Å². The van der Waals surface area contributed by atoms with E-state index in [4.69, 9.17) is 19.9 Å². The van der Waals surface area contributed by atoms with Crippen molar-refractivity contribution < 1.29 is 23.8 Å². The van der Waals surface area contributed by atoms with Crippen molar-refractivity contribution in [2.45, 2.75) is 102 Å². The van der Waals surface area contributed by atoms with Crippen molar-refractivity contribution in [3.8, 4) is 0 Å². The van der Waals surface area contributed by atoms with Gasteiger partial charge in [-0.3, -0.25) is 19.8 Å². The highest BCUT2D eigenvalue weighted by Gasteiger charge is 2.53. The summed E-state index contributed by atoms with van der Waals surface area (Å²) in [6, 6.07) is 0. The quantitative estimate of drug-likeness (QED) is 0.425. The normalized spacial score (nSPS) is 42.0. The summed E-state index contributed by atoms with van der Waals surface area (Å²) in [5.41, 5.74) is 6.90. The van der Waals surface area contributed by atoms with Gasteiger partial charge in [-0.25, -0.2) is 0 Å².